The van der Waals surface area contributed by atoms with E-state index in [1.54, 1.807) is 6.07 Å². The van der Waals surface area contributed by atoms with Gasteiger partial charge in [-0.05, 0) is 43.7 Å². The molecule has 2 unspecified atom stereocenters. The number of thiol groups is 1. The van der Waals surface area contributed by atoms with Crippen molar-refractivity contribution < 1.29 is 9.53 Å². The number of rotatable bonds is 3. The minimum absolute atomic E-state index is 0.0872. The lowest BCUT2D eigenvalue weighted by atomic mass is 9.85. The summed E-state index contributed by atoms with van der Waals surface area (Å²) in [6, 6.07) is 7.30. The fourth-order valence-corrected chi connectivity index (χ4v) is 2.89. The van der Waals surface area contributed by atoms with Gasteiger partial charge in [-0.25, -0.2) is 4.79 Å². The summed E-state index contributed by atoms with van der Waals surface area (Å²) in [5.74, 6) is 0.292. The van der Waals surface area contributed by atoms with Gasteiger partial charge in [-0.1, -0.05) is 25.5 Å². The molecule has 2 nitrogen and oxygen atoms in total. The van der Waals surface area contributed by atoms with Crippen LogP contribution in [0.3, 0.4) is 0 Å². The SMILES string of the molecule is CCC1CCCCC1OC(=O)c1ccccc1S. The Morgan fingerprint density at radius 3 is 2.78 bits per heavy atom. The minimum Gasteiger partial charge on any atom is -0.458 e. The lowest BCUT2D eigenvalue weighted by molar-refractivity contribution is 0.000366. The number of hydrogen-bond donors (Lipinski definition) is 1. The van der Waals surface area contributed by atoms with Crippen LogP contribution in [0.1, 0.15) is 49.4 Å². The molecule has 2 atom stereocenters. The average Bonchev–Trinajstić information content (AvgIpc) is 2.39. The fourth-order valence-electron chi connectivity index (χ4n) is 2.64. The molecule has 98 valence electrons. The summed E-state index contributed by atoms with van der Waals surface area (Å²) in [5.41, 5.74) is 0.571. The average molecular weight is 264 g/mol. The molecule has 0 spiro atoms. The van der Waals surface area contributed by atoms with Gasteiger partial charge in [0.1, 0.15) is 6.10 Å². The molecule has 0 bridgehead atoms. The topological polar surface area (TPSA) is 26.3 Å². The van der Waals surface area contributed by atoms with E-state index < -0.39 is 0 Å². The number of carbonyl (C=O) groups excluding carboxylic acids is 1. The number of hydrogen-bond acceptors (Lipinski definition) is 3. The van der Waals surface area contributed by atoms with Gasteiger partial charge in [0.15, 0.2) is 0 Å². The highest BCUT2D eigenvalue weighted by molar-refractivity contribution is 7.80. The van der Waals surface area contributed by atoms with Gasteiger partial charge in [-0.15, -0.1) is 12.6 Å². The van der Waals surface area contributed by atoms with Crippen LogP contribution in [0.2, 0.25) is 0 Å². The summed E-state index contributed by atoms with van der Waals surface area (Å²) in [5, 5.41) is 0. The molecule has 0 N–H and O–H groups in total. The van der Waals surface area contributed by atoms with Gasteiger partial charge in [-0.3, -0.25) is 0 Å². The van der Waals surface area contributed by atoms with Crippen molar-refractivity contribution in [3.05, 3.63) is 29.8 Å². The second-order valence-electron chi connectivity index (χ2n) is 4.91. The van der Waals surface area contributed by atoms with Crippen LogP contribution in [0.25, 0.3) is 0 Å². The largest absolute Gasteiger partial charge is 0.458 e. The molecule has 0 heterocycles. The number of benzene rings is 1. The maximum absolute atomic E-state index is 12.1. The summed E-state index contributed by atoms with van der Waals surface area (Å²) in [7, 11) is 0. The zero-order valence-corrected chi connectivity index (χ0v) is 11.7. The summed E-state index contributed by atoms with van der Waals surface area (Å²) in [6.07, 6.45) is 5.77. The molecular weight excluding hydrogens is 244 g/mol. The van der Waals surface area contributed by atoms with Crippen molar-refractivity contribution in [3.8, 4) is 0 Å². The van der Waals surface area contributed by atoms with Crippen molar-refractivity contribution in [1.82, 2.24) is 0 Å². The Kier molecular flexibility index (Phi) is 4.70. The van der Waals surface area contributed by atoms with Gasteiger partial charge in [0, 0.05) is 4.90 Å². The highest BCUT2D eigenvalue weighted by atomic mass is 32.1. The zero-order valence-electron chi connectivity index (χ0n) is 10.8. The minimum atomic E-state index is -0.231. The molecule has 0 amide bonds. The predicted molar refractivity (Wildman–Crippen MR) is 75.1 cm³/mol. The molecule has 18 heavy (non-hydrogen) atoms. The van der Waals surface area contributed by atoms with Crippen molar-refractivity contribution >= 4 is 18.6 Å². The normalized spacial score (nSPS) is 23.7. The van der Waals surface area contributed by atoms with E-state index in [9.17, 15) is 4.79 Å². The van der Waals surface area contributed by atoms with Gasteiger partial charge >= 0.3 is 5.97 Å². The number of ether oxygens (including phenoxy) is 1. The Bertz CT molecular complexity index is 417. The highest BCUT2D eigenvalue weighted by Crippen LogP contribution is 2.30. The Hall–Kier alpha value is -0.960. The molecule has 2 rings (SSSR count). The number of carbonyl (C=O) groups is 1. The quantitative estimate of drug-likeness (QED) is 0.657. The summed E-state index contributed by atoms with van der Waals surface area (Å²) < 4.78 is 5.67. The van der Waals surface area contributed by atoms with Crippen LogP contribution in [-0.4, -0.2) is 12.1 Å². The van der Waals surface area contributed by atoms with E-state index in [1.165, 1.54) is 12.8 Å². The van der Waals surface area contributed by atoms with E-state index in [-0.39, 0.29) is 12.1 Å². The van der Waals surface area contributed by atoms with Gasteiger partial charge in [0.2, 0.25) is 0 Å². The van der Waals surface area contributed by atoms with Crippen LogP contribution >= 0.6 is 12.6 Å². The maximum atomic E-state index is 12.1. The Morgan fingerprint density at radius 1 is 1.33 bits per heavy atom. The molecule has 0 radical (unpaired) electrons. The summed E-state index contributed by atoms with van der Waals surface area (Å²) >= 11 is 4.30. The van der Waals surface area contributed by atoms with Gasteiger partial charge in [-0.2, -0.15) is 0 Å². The second-order valence-corrected chi connectivity index (χ2v) is 5.40. The molecule has 0 aliphatic heterocycles. The van der Waals surface area contributed by atoms with Crippen molar-refractivity contribution in [1.29, 1.82) is 0 Å². The first-order valence-electron chi connectivity index (χ1n) is 6.71. The molecule has 0 aromatic heterocycles. The van der Waals surface area contributed by atoms with E-state index >= 15 is 0 Å². The van der Waals surface area contributed by atoms with Crippen molar-refractivity contribution in [2.24, 2.45) is 5.92 Å². The molecule has 0 saturated heterocycles. The van der Waals surface area contributed by atoms with E-state index in [0.29, 0.717) is 16.4 Å². The first-order chi connectivity index (χ1) is 8.72. The maximum Gasteiger partial charge on any atom is 0.339 e. The van der Waals surface area contributed by atoms with E-state index in [1.807, 2.05) is 18.2 Å². The molecule has 1 aliphatic rings. The molecule has 1 fully saturated rings. The first-order valence-corrected chi connectivity index (χ1v) is 7.16. The smallest absolute Gasteiger partial charge is 0.339 e. The summed E-state index contributed by atoms with van der Waals surface area (Å²) in [4.78, 5) is 12.8. The molecule has 1 aliphatic carbocycles. The fraction of sp³-hybridized carbons (Fsp3) is 0.533. The summed E-state index contributed by atoms with van der Waals surface area (Å²) in [6.45, 7) is 2.17. The molecule has 1 aromatic rings. The third-order valence-corrected chi connectivity index (χ3v) is 4.14. The van der Waals surface area contributed by atoms with E-state index in [2.05, 4.69) is 19.6 Å². The van der Waals surface area contributed by atoms with Crippen molar-refractivity contribution in [2.75, 3.05) is 0 Å². The third-order valence-electron chi connectivity index (χ3n) is 3.75. The Morgan fingerprint density at radius 2 is 2.06 bits per heavy atom. The van der Waals surface area contributed by atoms with Crippen molar-refractivity contribution in [3.63, 3.8) is 0 Å². The van der Waals surface area contributed by atoms with Crippen LogP contribution in [-0.2, 0) is 4.74 Å². The van der Waals surface area contributed by atoms with Gasteiger partial charge in [0.25, 0.3) is 0 Å². The van der Waals surface area contributed by atoms with Crippen LogP contribution < -0.4 is 0 Å². The predicted octanol–water partition coefficient (Wildman–Crippen LogP) is 4.10. The van der Waals surface area contributed by atoms with Crippen molar-refractivity contribution in [2.45, 2.75) is 50.0 Å². The van der Waals surface area contributed by atoms with Crippen LogP contribution in [0.4, 0.5) is 0 Å². The lowest BCUT2D eigenvalue weighted by Crippen LogP contribution is -2.29. The molecule has 1 aromatic carbocycles. The molecular formula is C15H20O2S. The number of esters is 1. The Balaban J connectivity index is 2.04. The van der Waals surface area contributed by atoms with Crippen LogP contribution in [0.15, 0.2) is 29.2 Å². The zero-order chi connectivity index (χ0) is 13.0. The van der Waals surface area contributed by atoms with E-state index in [0.717, 1.165) is 19.3 Å². The van der Waals surface area contributed by atoms with E-state index in [4.69, 9.17) is 4.74 Å². The molecule has 3 heteroatoms. The molecule has 1 saturated carbocycles. The standard InChI is InChI=1S/C15H20O2S/c1-2-11-7-3-5-9-13(11)17-15(16)12-8-4-6-10-14(12)18/h4,6,8,10-11,13,18H,2-3,5,7,9H2,1H3. The van der Waals surface area contributed by atoms with Gasteiger partial charge in [0.05, 0.1) is 5.56 Å². The monoisotopic (exact) mass is 264 g/mol. The highest BCUT2D eigenvalue weighted by Gasteiger charge is 2.27. The third kappa shape index (κ3) is 3.08. The van der Waals surface area contributed by atoms with Crippen LogP contribution in [0.5, 0.6) is 0 Å². The second kappa shape index (κ2) is 6.28. The lowest BCUT2D eigenvalue weighted by Gasteiger charge is -2.30. The van der Waals surface area contributed by atoms with Crippen LogP contribution in [0, 0.1) is 5.92 Å². The van der Waals surface area contributed by atoms with Gasteiger partial charge < -0.3 is 4.74 Å². The Labute approximate surface area is 114 Å². The first kappa shape index (κ1) is 13.5.